The summed E-state index contributed by atoms with van der Waals surface area (Å²) in [5.41, 5.74) is 10.6. The molecule has 64 heavy (non-hydrogen) atoms. The molecule has 0 unspecified atom stereocenters. The number of hydrogen-bond acceptors (Lipinski definition) is 0. The Morgan fingerprint density at radius 2 is 0.703 bits per heavy atom. The minimum atomic E-state index is -3.03. The van der Waals surface area contributed by atoms with Crippen molar-refractivity contribution in [2.24, 2.45) is 0 Å². The molecule has 300 valence electrons. The second-order valence-corrected chi connectivity index (χ2v) is 20.6. The van der Waals surface area contributed by atoms with Crippen molar-refractivity contribution in [3.05, 3.63) is 249 Å². The molecule has 0 spiro atoms. The number of hydrogen-bond donors (Lipinski definition) is 0. The van der Waals surface area contributed by atoms with Crippen LogP contribution in [-0.2, 0) is 0 Å². The molecule has 10 aromatic carbocycles. The van der Waals surface area contributed by atoms with E-state index >= 15 is 0 Å². The number of fused-ring (bicyclic) bond motifs is 9. The Bertz CT molecular complexity index is 3730. The van der Waals surface area contributed by atoms with Gasteiger partial charge in [-0.15, -0.1) is 0 Å². The van der Waals surface area contributed by atoms with Crippen molar-refractivity contribution in [3.8, 4) is 17.1 Å². The van der Waals surface area contributed by atoms with Crippen LogP contribution in [0.5, 0.6) is 0 Å². The summed E-state index contributed by atoms with van der Waals surface area (Å²) in [5, 5.41) is 12.8. The molecule has 0 radical (unpaired) electrons. The van der Waals surface area contributed by atoms with Crippen LogP contribution in [-0.4, -0.2) is 21.8 Å². The summed E-state index contributed by atoms with van der Waals surface area (Å²) in [6, 6.07) is 92.4. The van der Waals surface area contributed by atoms with Crippen LogP contribution in [0.1, 0.15) is 0 Å². The topological polar surface area (TPSA) is 14.8 Å². The van der Waals surface area contributed by atoms with Gasteiger partial charge in [-0.2, -0.15) is 0 Å². The van der Waals surface area contributed by atoms with Gasteiger partial charge in [0.05, 0.1) is 38.8 Å². The van der Waals surface area contributed by atoms with Crippen molar-refractivity contribution in [1.29, 1.82) is 0 Å². The zero-order valence-corrected chi connectivity index (χ0v) is 36.0. The van der Waals surface area contributed by atoms with Gasteiger partial charge in [-0.3, -0.25) is 0 Å². The fourth-order valence-corrected chi connectivity index (χ4v) is 16.0. The zero-order chi connectivity index (χ0) is 42.2. The van der Waals surface area contributed by atoms with E-state index in [-0.39, 0.29) is 0 Å². The van der Waals surface area contributed by atoms with Crippen molar-refractivity contribution in [1.82, 2.24) is 13.7 Å². The highest BCUT2D eigenvalue weighted by Crippen LogP contribution is 2.41. The van der Waals surface area contributed by atoms with Crippen molar-refractivity contribution < 1.29 is 0 Å². The van der Waals surface area contributed by atoms with E-state index in [1.807, 2.05) is 0 Å². The van der Waals surface area contributed by atoms with Gasteiger partial charge in [0, 0.05) is 43.7 Å². The first-order valence-corrected chi connectivity index (χ1v) is 24.1. The van der Waals surface area contributed by atoms with Gasteiger partial charge in [-0.1, -0.05) is 188 Å². The summed E-state index contributed by atoms with van der Waals surface area (Å²) in [5.74, 6) is 0. The zero-order valence-electron chi connectivity index (χ0n) is 35.0. The fraction of sp³-hybridized carbons (Fsp3) is 0. The number of aromatic nitrogens is 3. The monoisotopic (exact) mass is 831 g/mol. The molecule has 0 aliphatic carbocycles. The van der Waals surface area contributed by atoms with E-state index in [2.05, 4.69) is 262 Å². The van der Waals surface area contributed by atoms with Crippen LogP contribution >= 0.6 is 0 Å². The second-order valence-electron chi connectivity index (χ2n) is 16.8. The lowest BCUT2D eigenvalue weighted by Crippen LogP contribution is -2.75. The molecular weight excluding hydrogens is 791 g/mol. The lowest BCUT2D eigenvalue weighted by atomic mass is 10.1. The summed E-state index contributed by atoms with van der Waals surface area (Å²) in [4.78, 5) is 0. The molecule has 3 heterocycles. The Kier molecular flexibility index (Phi) is 8.23. The molecular formula is C60H41N3Si. The smallest absolute Gasteiger partial charge is 0.181 e. The van der Waals surface area contributed by atoms with Gasteiger partial charge >= 0.3 is 0 Å². The molecule has 13 rings (SSSR count). The molecule has 0 aliphatic heterocycles. The maximum atomic E-state index is 2.60. The van der Waals surface area contributed by atoms with Crippen LogP contribution in [0.4, 0.5) is 0 Å². The normalized spacial score (nSPS) is 12.1. The molecule has 0 saturated carbocycles. The molecule has 0 amide bonds. The summed E-state index contributed by atoms with van der Waals surface area (Å²) in [6.07, 6.45) is 0. The second kappa shape index (κ2) is 14.5. The molecule has 0 N–H and O–H groups in total. The molecule has 0 atom stereocenters. The first-order chi connectivity index (χ1) is 31.8. The largest absolute Gasteiger partial charge is 0.309 e. The van der Waals surface area contributed by atoms with Crippen LogP contribution < -0.4 is 20.7 Å². The SMILES string of the molecule is c1ccc(-n2c3ccccc3c3cc(-n4c5cccc(-n6c7ccccc7c7ccccc76)c5c5cccc([Si](c6ccccc6)(c6ccccc6)c6ccccc6)c54)ccc32)cc1. The fourth-order valence-electron chi connectivity index (χ4n) is 11.0. The van der Waals surface area contributed by atoms with E-state index < -0.39 is 8.07 Å². The van der Waals surface area contributed by atoms with Gasteiger partial charge < -0.3 is 13.7 Å². The molecule has 0 aliphatic rings. The van der Waals surface area contributed by atoms with Crippen LogP contribution in [0.2, 0.25) is 0 Å². The maximum absolute atomic E-state index is 3.03. The average molecular weight is 832 g/mol. The predicted octanol–water partition coefficient (Wildman–Crippen LogP) is 12.4. The van der Waals surface area contributed by atoms with E-state index in [9.17, 15) is 0 Å². The third-order valence-corrected chi connectivity index (χ3v) is 18.4. The summed E-state index contributed by atoms with van der Waals surface area (Å²) in [7, 11) is -3.03. The van der Waals surface area contributed by atoms with Crippen molar-refractivity contribution in [2.45, 2.75) is 0 Å². The Hall–Kier alpha value is -8.18. The van der Waals surface area contributed by atoms with Gasteiger partial charge in [0.25, 0.3) is 0 Å². The van der Waals surface area contributed by atoms with Crippen LogP contribution in [0.15, 0.2) is 249 Å². The highest BCUT2D eigenvalue weighted by atomic mass is 28.3. The Morgan fingerprint density at radius 3 is 1.28 bits per heavy atom. The van der Waals surface area contributed by atoms with Gasteiger partial charge in [-0.25, -0.2) is 0 Å². The average Bonchev–Trinajstić information content (AvgIpc) is 4.02. The van der Waals surface area contributed by atoms with E-state index in [0.29, 0.717) is 0 Å². The van der Waals surface area contributed by atoms with E-state index in [1.165, 1.54) is 91.9 Å². The van der Waals surface area contributed by atoms with Crippen LogP contribution in [0.3, 0.4) is 0 Å². The number of benzene rings is 10. The highest BCUT2D eigenvalue weighted by molar-refractivity contribution is 7.20. The summed E-state index contributed by atoms with van der Waals surface area (Å²) < 4.78 is 7.50. The van der Waals surface area contributed by atoms with Gasteiger partial charge in [-0.05, 0) is 81.4 Å². The standard InChI is InChI=1S/C60H41N3Si/c1-5-21-42(22-6-1)61-52-33-16-15-31-49(52)51-41-43(39-40-55(51)61)62-56-36-20-37-57(63-53-34-17-13-29-47(53)48-30-14-18-35-54(48)63)59(56)50-32-19-38-58(60(50)62)64(44-23-7-2-8-24-44,45-25-9-3-10-26-45)46-27-11-4-12-28-46/h1-41H. The number of para-hydroxylation sites is 5. The van der Waals surface area contributed by atoms with Gasteiger partial charge in [0.2, 0.25) is 0 Å². The highest BCUT2D eigenvalue weighted by Gasteiger charge is 2.43. The van der Waals surface area contributed by atoms with E-state index in [1.54, 1.807) is 0 Å². The minimum absolute atomic E-state index is 1.13. The third-order valence-electron chi connectivity index (χ3n) is 13.6. The molecule has 0 fully saturated rings. The quantitative estimate of drug-likeness (QED) is 0.112. The minimum Gasteiger partial charge on any atom is -0.309 e. The predicted molar refractivity (Wildman–Crippen MR) is 273 cm³/mol. The Balaban J connectivity index is 1.23. The van der Waals surface area contributed by atoms with Gasteiger partial charge in [0.1, 0.15) is 0 Å². The Morgan fingerprint density at radius 1 is 0.266 bits per heavy atom. The Labute approximate surface area is 372 Å². The number of nitrogens with zero attached hydrogens (tertiary/aromatic N) is 3. The van der Waals surface area contributed by atoms with E-state index in [0.717, 1.165) is 11.4 Å². The van der Waals surface area contributed by atoms with Crippen LogP contribution in [0, 0.1) is 0 Å². The lowest BCUT2D eigenvalue weighted by Gasteiger charge is -2.35. The molecule has 13 aromatic rings. The van der Waals surface area contributed by atoms with Gasteiger partial charge in [0.15, 0.2) is 8.07 Å². The molecule has 3 aromatic heterocycles. The summed E-state index contributed by atoms with van der Waals surface area (Å²) >= 11 is 0. The molecule has 0 saturated heterocycles. The first kappa shape index (κ1) is 36.5. The molecule has 3 nitrogen and oxygen atoms in total. The summed E-state index contributed by atoms with van der Waals surface area (Å²) in [6.45, 7) is 0. The number of rotatable bonds is 7. The maximum Gasteiger partial charge on any atom is 0.181 e. The van der Waals surface area contributed by atoms with E-state index in [4.69, 9.17) is 0 Å². The van der Waals surface area contributed by atoms with Crippen molar-refractivity contribution in [3.63, 3.8) is 0 Å². The first-order valence-electron chi connectivity index (χ1n) is 22.1. The molecule has 0 bridgehead atoms. The van der Waals surface area contributed by atoms with Crippen LogP contribution in [0.25, 0.3) is 82.5 Å². The van der Waals surface area contributed by atoms with Crippen molar-refractivity contribution in [2.75, 3.05) is 0 Å². The lowest BCUT2D eigenvalue weighted by molar-refractivity contribution is 1.16. The van der Waals surface area contributed by atoms with Crippen molar-refractivity contribution >= 4 is 94.2 Å². The third kappa shape index (κ3) is 5.21. The molecule has 4 heteroatoms.